The summed E-state index contributed by atoms with van der Waals surface area (Å²) >= 11 is 3.21. The van der Waals surface area contributed by atoms with Crippen molar-refractivity contribution in [3.8, 4) is 0 Å². The topological polar surface area (TPSA) is 29.1 Å². The van der Waals surface area contributed by atoms with E-state index in [0.29, 0.717) is 5.33 Å². The van der Waals surface area contributed by atoms with Crippen LogP contribution in [-0.2, 0) is 11.2 Å². The number of Topliss-reactive ketones (excluding diaryl/α,β-unsaturated/α-hetero) is 1. The second kappa shape index (κ2) is 4.24. The zero-order chi connectivity index (χ0) is 9.97. The lowest BCUT2D eigenvalue weighted by Crippen LogP contribution is -2.35. The quantitative estimate of drug-likeness (QED) is 0.816. The average molecular weight is 254 g/mol. The third kappa shape index (κ3) is 1.74. The molecule has 0 bridgehead atoms. The molecule has 1 N–H and O–H groups in total. The van der Waals surface area contributed by atoms with Gasteiger partial charge in [-0.05, 0) is 17.5 Å². The number of carbonyl (C=O) groups excluding carboxylic acids is 1. The highest BCUT2D eigenvalue weighted by atomic mass is 79.9. The van der Waals surface area contributed by atoms with Gasteiger partial charge < -0.3 is 5.32 Å². The molecule has 74 valence electrons. The normalized spacial score (nSPS) is 20.2. The average Bonchev–Trinajstić information content (AvgIpc) is 2.27. The van der Waals surface area contributed by atoms with Crippen molar-refractivity contribution in [1.29, 1.82) is 0 Å². The molecule has 14 heavy (non-hydrogen) atoms. The largest absolute Gasteiger partial charge is 0.303 e. The number of nitrogens with one attached hydrogen (secondary N) is 1. The van der Waals surface area contributed by atoms with Crippen molar-refractivity contribution in [1.82, 2.24) is 5.32 Å². The summed E-state index contributed by atoms with van der Waals surface area (Å²) in [5, 5.41) is 3.66. The molecular weight excluding hydrogens is 242 g/mol. The van der Waals surface area contributed by atoms with Crippen LogP contribution in [0.15, 0.2) is 24.3 Å². The van der Waals surface area contributed by atoms with Gasteiger partial charge in [0.05, 0.1) is 11.4 Å². The van der Waals surface area contributed by atoms with Crippen LogP contribution in [0.1, 0.15) is 17.2 Å². The van der Waals surface area contributed by atoms with Crippen LogP contribution in [0, 0.1) is 0 Å². The van der Waals surface area contributed by atoms with Crippen LogP contribution in [0.3, 0.4) is 0 Å². The first-order valence-electron chi connectivity index (χ1n) is 4.73. The van der Waals surface area contributed by atoms with Gasteiger partial charge in [0.15, 0.2) is 5.78 Å². The number of halogens is 1. The summed E-state index contributed by atoms with van der Waals surface area (Å²) in [6.45, 7) is 0.889. The Morgan fingerprint density at radius 2 is 2.29 bits per heavy atom. The van der Waals surface area contributed by atoms with Crippen molar-refractivity contribution in [3.05, 3.63) is 35.4 Å². The van der Waals surface area contributed by atoms with Crippen molar-refractivity contribution in [2.45, 2.75) is 12.5 Å². The number of ketones is 1. The summed E-state index contributed by atoms with van der Waals surface area (Å²) in [6, 6.07) is 8.04. The van der Waals surface area contributed by atoms with Crippen LogP contribution >= 0.6 is 15.9 Å². The molecule has 0 amide bonds. The van der Waals surface area contributed by atoms with Gasteiger partial charge in [-0.25, -0.2) is 0 Å². The molecule has 1 aromatic carbocycles. The first-order chi connectivity index (χ1) is 6.83. The molecule has 1 unspecified atom stereocenters. The van der Waals surface area contributed by atoms with E-state index < -0.39 is 0 Å². The standard InChI is InChI=1S/C11H12BrNO/c12-7-10(14)11-9-4-2-1-3-8(9)5-6-13-11/h1-4,11,13H,5-7H2. The monoisotopic (exact) mass is 253 g/mol. The van der Waals surface area contributed by atoms with Gasteiger partial charge in [-0.2, -0.15) is 0 Å². The summed E-state index contributed by atoms with van der Waals surface area (Å²) < 4.78 is 0. The Balaban J connectivity index is 2.35. The lowest BCUT2D eigenvalue weighted by molar-refractivity contribution is -0.118. The zero-order valence-electron chi connectivity index (χ0n) is 7.79. The van der Waals surface area contributed by atoms with E-state index in [4.69, 9.17) is 0 Å². The van der Waals surface area contributed by atoms with E-state index in [0.717, 1.165) is 18.5 Å². The molecule has 1 aromatic rings. The van der Waals surface area contributed by atoms with E-state index >= 15 is 0 Å². The molecule has 1 atom stereocenters. The minimum atomic E-state index is -0.112. The Morgan fingerprint density at radius 1 is 1.50 bits per heavy atom. The van der Waals surface area contributed by atoms with Crippen molar-refractivity contribution < 1.29 is 4.79 Å². The van der Waals surface area contributed by atoms with Crippen molar-refractivity contribution in [3.63, 3.8) is 0 Å². The Kier molecular flexibility index (Phi) is 2.99. The first-order valence-corrected chi connectivity index (χ1v) is 5.85. The number of hydrogen-bond acceptors (Lipinski definition) is 2. The predicted molar refractivity (Wildman–Crippen MR) is 59.7 cm³/mol. The van der Waals surface area contributed by atoms with E-state index in [1.165, 1.54) is 5.56 Å². The molecule has 0 spiro atoms. The number of rotatable bonds is 2. The smallest absolute Gasteiger partial charge is 0.164 e. The van der Waals surface area contributed by atoms with E-state index in [1.807, 2.05) is 18.2 Å². The second-order valence-electron chi connectivity index (χ2n) is 3.44. The highest BCUT2D eigenvalue weighted by Crippen LogP contribution is 2.23. The van der Waals surface area contributed by atoms with Crippen LogP contribution < -0.4 is 5.32 Å². The predicted octanol–water partition coefficient (Wildman–Crippen LogP) is 1.84. The van der Waals surface area contributed by atoms with Crippen LogP contribution in [0.2, 0.25) is 0 Å². The maximum atomic E-state index is 11.6. The van der Waals surface area contributed by atoms with Gasteiger partial charge in [-0.15, -0.1) is 0 Å². The molecule has 0 aliphatic carbocycles. The Hall–Kier alpha value is -0.670. The summed E-state index contributed by atoms with van der Waals surface area (Å²) in [7, 11) is 0. The van der Waals surface area contributed by atoms with Crippen LogP contribution in [0.25, 0.3) is 0 Å². The van der Waals surface area contributed by atoms with Gasteiger partial charge in [0.1, 0.15) is 0 Å². The van der Waals surface area contributed by atoms with E-state index in [2.05, 4.69) is 27.3 Å². The Morgan fingerprint density at radius 3 is 3.07 bits per heavy atom. The molecule has 1 aliphatic rings. The van der Waals surface area contributed by atoms with Gasteiger partial charge in [-0.1, -0.05) is 40.2 Å². The number of alkyl halides is 1. The lowest BCUT2D eigenvalue weighted by atomic mass is 9.92. The maximum absolute atomic E-state index is 11.6. The molecule has 0 aromatic heterocycles. The molecule has 0 saturated carbocycles. The maximum Gasteiger partial charge on any atom is 0.164 e. The highest BCUT2D eigenvalue weighted by Gasteiger charge is 2.24. The molecule has 1 heterocycles. The molecule has 0 radical (unpaired) electrons. The molecule has 2 nitrogen and oxygen atoms in total. The van der Waals surface area contributed by atoms with Gasteiger partial charge >= 0.3 is 0 Å². The second-order valence-corrected chi connectivity index (χ2v) is 4.00. The molecular formula is C11H12BrNO. The van der Waals surface area contributed by atoms with E-state index in [-0.39, 0.29) is 11.8 Å². The zero-order valence-corrected chi connectivity index (χ0v) is 9.38. The van der Waals surface area contributed by atoms with E-state index in [1.54, 1.807) is 0 Å². The van der Waals surface area contributed by atoms with Crippen LogP contribution in [-0.4, -0.2) is 17.7 Å². The summed E-state index contributed by atoms with van der Waals surface area (Å²) in [5.74, 6) is 0.206. The Bertz CT molecular complexity index is 351. The van der Waals surface area contributed by atoms with Crippen LogP contribution in [0.4, 0.5) is 0 Å². The van der Waals surface area contributed by atoms with Gasteiger partial charge in [0.25, 0.3) is 0 Å². The fraction of sp³-hybridized carbons (Fsp3) is 0.364. The van der Waals surface area contributed by atoms with Crippen molar-refractivity contribution in [2.75, 3.05) is 11.9 Å². The molecule has 0 fully saturated rings. The fourth-order valence-electron chi connectivity index (χ4n) is 1.87. The third-order valence-electron chi connectivity index (χ3n) is 2.56. The minimum Gasteiger partial charge on any atom is -0.303 e. The number of fused-ring (bicyclic) bond motifs is 1. The van der Waals surface area contributed by atoms with Gasteiger partial charge in [0, 0.05) is 6.54 Å². The lowest BCUT2D eigenvalue weighted by Gasteiger charge is -2.25. The van der Waals surface area contributed by atoms with Gasteiger partial charge in [0.2, 0.25) is 0 Å². The summed E-state index contributed by atoms with van der Waals surface area (Å²) in [4.78, 5) is 11.6. The van der Waals surface area contributed by atoms with Crippen LogP contribution in [0.5, 0.6) is 0 Å². The SMILES string of the molecule is O=C(CBr)C1NCCc2ccccc21. The highest BCUT2D eigenvalue weighted by molar-refractivity contribution is 9.09. The van der Waals surface area contributed by atoms with Gasteiger partial charge in [-0.3, -0.25) is 4.79 Å². The summed E-state index contributed by atoms with van der Waals surface area (Å²) in [5.41, 5.74) is 2.44. The number of carbonyl (C=O) groups is 1. The van der Waals surface area contributed by atoms with Crippen molar-refractivity contribution >= 4 is 21.7 Å². The molecule has 0 saturated heterocycles. The number of hydrogen-bond donors (Lipinski definition) is 1. The van der Waals surface area contributed by atoms with E-state index in [9.17, 15) is 4.79 Å². The number of benzene rings is 1. The molecule has 3 heteroatoms. The summed E-state index contributed by atoms with van der Waals surface area (Å²) in [6.07, 6.45) is 1.02. The molecule has 1 aliphatic heterocycles. The first kappa shape index (κ1) is 9.87. The third-order valence-corrected chi connectivity index (χ3v) is 3.12. The Labute approximate surface area is 91.8 Å². The van der Waals surface area contributed by atoms with Crippen molar-refractivity contribution in [2.24, 2.45) is 0 Å². The minimum absolute atomic E-state index is 0.112. The fourth-order valence-corrected chi connectivity index (χ4v) is 2.19. The molecule has 2 rings (SSSR count).